The molecular weight excluding hydrogens is 337 g/mol. The molecule has 2 aromatic rings. The maximum atomic E-state index is 12.6. The maximum absolute atomic E-state index is 12.6. The molecule has 0 aromatic heterocycles. The van der Waals surface area contributed by atoms with Gasteiger partial charge < -0.3 is 10.1 Å². The molecule has 0 heterocycles. The molecule has 23 heavy (non-hydrogen) atoms. The molecule has 6 heteroatoms. The third kappa shape index (κ3) is 4.71. The molecule has 4 nitrogen and oxygen atoms in total. The lowest BCUT2D eigenvalue weighted by atomic mass is 9.98. The number of rotatable bonds is 5. The van der Waals surface area contributed by atoms with Gasteiger partial charge >= 0.3 is 5.97 Å². The number of carbonyl (C=O) groups excluding carboxylic acids is 2. The standard InChI is InChI=1S/C17H15Cl2NO3/c1-2-23-17(22)15(11-6-4-3-5-7-11)16(21)20-14-9-12(18)8-13(19)10-14/h3-10,15H,2H2,1H3,(H,20,21). The van der Waals surface area contributed by atoms with Crippen molar-refractivity contribution in [1.82, 2.24) is 0 Å². The van der Waals surface area contributed by atoms with E-state index in [9.17, 15) is 9.59 Å². The van der Waals surface area contributed by atoms with Gasteiger partial charge in [0.2, 0.25) is 5.91 Å². The fourth-order valence-corrected chi connectivity index (χ4v) is 2.63. The van der Waals surface area contributed by atoms with Gasteiger partial charge in [0.1, 0.15) is 0 Å². The van der Waals surface area contributed by atoms with Gasteiger partial charge in [-0.2, -0.15) is 0 Å². The van der Waals surface area contributed by atoms with Crippen molar-refractivity contribution in [3.8, 4) is 0 Å². The van der Waals surface area contributed by atoms with E-state index >= 15 is 0 Å². The average molecular weight is 352 g/mol. The molecule has 0 fully saturated rings. The molecule has 120 valence electrons. The van der Waals surface area contributed by atoms with Crippen LogP contribution in [0.25, 0.3) is 0 Å². The van der Waals surface area contributed by atoms with Crippen LogP contribution < -0.4 is 5.32 Å². The van der Waals surface area contributed by atoms with E-state index in [1.54, 1.807) is 55.5 Å². The zero-order valence-corrected chi connectivity index (χ0v) is 13.9. The van der Waals surface area contributed by atoms with Crippen molar-refractivity contribution in [2.24, 2.45) is 0 Å². The molecule has 0 spiro atoms. The van der Waals surface area contributed by atoms with E-state index in [1.807, 2.05) is 0 Å². The lowest BCUT2D eigenvalue weighted by Gasteiger charge is -2.16. The summed E-state index contributed by atoms with van der Waals surface area (Å²) in [6.07, 6.45) is 0. The second-order valence-corrected chi connectivity index (χ2v) is 5.62. The zero-order valence-electron chi connectivity index (χ0n) is 12.4. The molecule has 1 unspecified atom stereocenters. The molecule has 0 saturated heterocycles. The first-order valence-corrected chi connectivity index (χ1v) is 7.75. The fourth-order valence-electron chi connectivity index (χ4n) is 2.11. The summed E-state index contributed by atoms with van der Waals surface area (Å²) in [5.74, 6) is -2.17. The summed E-state index contributed by atoms with van der Waals surface area (Å²) in [5.41, 5.74) is 0.967. The van der Waals surface area contributed by atoms with E-state index in [1.165, 1.54) is 0 Å². The Kier molecular flexibility index (Phi) is 6.02. The first kappa shape index (κ1) is 17.3. The summed E-state index contributed by atoms with van der Waals surface area (Å²) in [7, 11) is 0. The van der Waals surface area contributed by atoms with E-state index in [0.29, 0.717) is 21.3 Å². The van der Waals surface area contributed by atoms with Crippen molar-refractivity contribution in [3.05, 3.63) is 64.1 Å². The molecule has 0 radical (unpaired) electrons. The summed E-state index contributed by atoms with van der Waals surface area (Å²) < 4.78 is 5.01. The second kappa shape index (κ2) is 7.99. The minimum absolute atomic E-state index is 0.193. The van der Waals surface area contributed by atoms with E-state index in [4.69, 9.17) is 27.9 Å². The lowest BCUT2D eigenvalue weighted by Crippen LogP contribution is -2.29. The molecule has 2 aromatic carbocycles. The monoisotopic (exact) mass is 351 g/mol. The van der Waals surface area contributed by atoms with Crippen LogP contribution in [0.3, 0.4) is 0 Å². The van der Waals surface area contributed by atoms with Crippen molar-refractivity contribution in [1.29, 1.82) is 0 Å². The van der Waals surface area contributed by atoms with Gasteiger partial charge in [0.15, 0.2) is 5.92 Å². The Morgan fingerprint density at radius 3 is 2.26 bits per heavy atom. The zero-order chi connectivity index (χ0) is 16.8. The summed E-state index contributed by atoms with van der Waals surface area (Å²) in [6, 6.07) is 13.4. The lowest BCUT2D eigenvalue weighted by molar-refractivity contribution is -0.147. The summed E-state index contributed by atoms with van der Waals surface area (Å²) in [4.78, 5) is 24.7. The SMILES string of the molecule is CCOC(=O)C(C(=O)Nc1cc(Cl)cc(Cl)c1)c1ccccc1. The van der Waals surface area contributed by atoms with Crippen LogP contribution in [-0.4, -0.2) is 18.5 Å². The van der Waals surface area contributed by atoms with E-state index in [0.717, 1.165) is 0 Å². The fraction of sp³-hybridized carbons (Fsp3) is 0.176. The molecule has 0 aliphatic rings. The molecular formula is C17H15Cl2NO3. The normalized spacial score (nSPS) is 11.6. The number of nitrogens with one attached hydrogen (secondary N) is 1. The second-order valence-electron chi connectivity index (χ2n) is 4.74. The van der Waals surface area contributed by atoms with Gasteiger partial charge in [-0.05, 0) is 30.7 Å². The molecule has 0 aliphatic heterocycles. The summed E-state index contributed by atoms with van der Waals surface area (Å²) in [5, 5.41) is 3.43. The van der Waals surface area contributed by atoms with Gasteiger partial charge in [0.05, 0.1) is 6.61 Å². The van der Waals surface area contributed by atoms with E-state index in [-0.39, 0.29) is 6.61 Å². The predicted octanol–water partition coefficient (Wildman–Crippen LogP) is 4.28. The number of hydrogen-bond donors (Lipinski definition) is 1. The molecule has 0 bridgehead atoms. The molecule has 1 N–H and O–H groups in total. The summed E-state index contributed by atoms with van der Waals surface area (Å²) in [6.45, 7) is 1.88. The van der Waals surface area contributed by atoms with Crippen LogP contribution in [0.1, 0.15) is 18.4 Å². The Hall–Kier alpha value is -2.04. The number of amides is 1. The van der Waals surface area contributed by atoms with Gasteiger partial charge in [0.25, 0.3) is 0 Å². The molecule has 0 saturated carbocycles. The first-order chi connectivity index (χ1) is 11.0. The largest absolute Gasteiger partial charge is 0.465 e. The van der Waals surface area contributed by atoms with Gasteiger partial charge in [-0.3, -0.25) is 9.59 Å². The van der Waals surface area contributed by atoms with Crippen molar-refractivity contribution in [2.45, 2.75) is 12.8 Å². The highest BCUT2D eigenvalue weighted by Crippen LogP contribution is 2.25. The highest BCUT2D eigenvalue weighted by atomic mass is 35.5. The van der Waals surface area contributed by atoms with Crippen molar-refractivity contribution in [2.75, 3.05) is 11.9 Å². The Bertz CT molecular complexity index is 684. The number of carbonyl (C=O) groups is 2. The van der Waals surface area contributed by atoms with Crippen LogP contribution in [0, 0.1) is 0 Å². The highest BCUT2D eigenvalue weighted by Gasteiger charge is 2.30. The number of hydrogen-bond acceptors (Lipinski definition) is 3. The average Bonchev–Trinajstić information content (AvgIpc) is 2.47. The highest BCUT2D eigenvalue weighted by molar-refractivity contribution is 6.35. The first-order valence-electron chi connectivity index (χ1n) is 6.99. The molecule has 1 atom stereocenters. The van der Waals surface area contributed by atoms with Crippen LogP contribution >= 0.6 is 23.2 Å². The third-order valence-corrected chi connectivity index (χ3v) is 3.48. The minimum Gasteiger partial charge on any atom is -0.465 e. The van der Waals surface area contributed by atoms with Crippen molar-refractivity contribution in [3.63, 3.8) is 0 Å². The van der Waals surface area contributed by atoms with Gasteiger partial charge in [-0.15, -0.1) is 0 Å². The van der Waals surface area contributed by atoms with Crippen LogP contribution in [-0.2, 0) is 14.3 Å². The maximum Gasteiger partial charge on any atom is 0.323 e. The number of benzene rings is 2. The topological polar surface area (TPSA) is 55.4 Å². The molecule has 1 amide bonds. The van der Waals surface area contributed by atoms with Crippen LogP contribution in [0.4, 0.5) is 5.69 Å². The van der Waals surface area contributed by atoms with E-state index in [2.05, 4.69) is 5.32 Å². The van der Waals surface area contributed by atoms with Gasteiger partial charge in [-0.25, -0.2) is 0 Å². The van der Waals surface area contributed by atoms with Crippen LogP contribution in [0.15, 0.2) is 48.5 Å². The molecule has 0 aliphatic carbocycles. The van der Waals surface area contributed by atoms with Crippen LogP contribution in [0.2, 0.25) is 10.0 Å². The van der Waals surface area contributed by atoms with Gasteiger partial charge in [-0.1, -0.05) is 53.5 Å². The number of anilines is 1. The number of ether oxygens (including phenoxy) is 1. The Morgan fingerprint density at radius 1 is 1.09 bits per heavy atom. The number of halogens is 2. The minimum atomic E-state index is -1.06. The van der Waals surface area contributed by atoms with E-state index < -0.39 is 17.8 Å². The summed E-state index contributed by atoms with van der Waals surface area (Å²) >= 11 is 11.8. The Morgan fingerprint density at radius 2 is 1.70 bits per heavy atom. The van der Waals surface area contributed by atoms with Crippen LogP contribution in [0.5, 0.6) is 0 Å². The number of esters is 1. The van der Waals surface area contributed by atoms with Gasteiger partial charge in [0, 0.05) is 15.7 Å². The third-order valence-electron chi connectivity index (χ3n) is 3.05. The Labute approximate surface area is 144 Å². The van der Waals surface area contributed by atoms with Crippen molar-refractivity contribution >= 4 is 40.8 Å². The quantitative estimate of drug-likeness (QED) is 0.646. The molecule has 2 rings (SSSR count). The Balaban J connectivity index is 2.28. The smallest absolute Gasteiger partial charge is 0.323 e. The van der Waals surface area contributed by atoms with Crippen molar-refractivity contribution < 1.29 is 14.3 Å². The predicted molar refractivity (Wildman–Crippen MR) is 90.9 cm³/mol.